The van der Waals surface area contributed by atoms with Crippen molar-refractivity contribution < 1.29 is 5.21 Å². The highest BCUT2D eigenvalue weighted by Crippen LogP contribution is 2.14. The SMILES string of the molecule is ON(I)C1CCCNCC1. The number of nitrogens with one attached hydrogen (secondary N) is 1. The topological polar surface area (TPSA) is 35.5 Å². The van der Waals surface area contributed by atoms with Gasteiger partial charge in [0.1, 0.15) is 0 Å². The average Bonchev–Trinajstić information content (AvgIpc) is 2.12. The molecule has 0 aromatic heterocycles. The second kappa shape index (κ2) is 4.48. The molecule has 60 valence electrons. The van der Waals surface area contributed by atoms with E-state index in [1.807, 2.05) is 22.9 Å². The van der Waals surface area contributed by atoms with Gasteiger partial charge in [-0.05, 0) is 32.4 Å². The zero-order valence-corrected chi connectivity index (χ0v) is 8.04. The Kier molecular flexibility index (Phi) is 3.90. The van der Waals surface area contributed by atoms with E-state index in [1.165, 1.54) is 9.70 Å². The van der Waals surface area contributed by atoms with Crippen molar-refractivity contribution in [2.45, 2.75) is 25.3 Å². The van der Waals surface area contributed by atoms with E-state index in [1.54, 1.807) is 0 Å². The molecule has 0 radical (unpaired) electrons. The quantitative estimate of drug-likeness (QED) is 0.420. The molecule has 0 saturated carbocycles. The van der Waals surface area contributed by atoms with E-state index in [4.69, 9.17) is 5.21 Å². The highest BCUT2D eigenvalue weighted by atomic mass is 127. The van der Waals surface area contributed by atoms with Crippen LogP contribution in [0, 0.1) is 0 Å². The lowest BCUT2D eigenvalue weighted by molar-refractivity contribution is -0.00355. The van der Waals surface area contributed by atoms with Crippen molar-refractivity contribution in [3.05, 3.63) is 0 Å². The Bertz CT molecular complexity index is 91.7. The molecule has 1 unspecified atom stereocenters. The van der Waals surface area contributed by atoms with Gasteiger partial charge in [0.25, 0.3) is 0 Å². The molecule has 1 heterocycles. The van der Waals surface area contributed by atoms with Crippen LogP contribution in [-0.2, 0) is 0 Å². The number of halogens is 1. The molecule has 0 aliphatic carbocycles. The molecule has 0 aromatic rings. The fourth-order valence-corrected chi connectivity index (χ4v) is 1.77. The first-order valence-electron chi connectivity index (χ1n) is 3.65. The summed E-state index contributed by atoms with van der Waals surface area (Å²) in [5.41, 5.74) is 0. The minimum Gasteiger partial charge on any atom is -0.317 e. The third-order valence-corrected chi connectivity index (χ3v) is 2.63. The van der Waals surface area contributed by atoms with Gasteiger partial charge in [-0.1, -0.05) is 0 Å². The number of hydrogen-bond acceptors (Lipinski definition) is 3. The van der Waals surface area contributed by atoms with Crippen LogP contribution in [-0.4, -0.2) is 27.6 Å². The average molecular weight is 256 g/mol. The molecule has 1 atom stereocenters. The highest BCUT2D eigenvalue weighted by molar-refractivity contribution is 14.1. The summed E-state index contributed by atoms with van der Waals surface area (Å²) in [6.07, 6.45) is 3.33. The Morgan fingerprint density at radius 2 is 2.20 bits per heavy atom. The summed E-state index contributed by atoms with van der Waals surface area (Å²) in [4.78, 5) is 0. The van der Waals surface area contributed by atoms with E-state index in [-0.39, 0.29) is 0 Å². The summed E-state index contributed by atoms with van der Waals surface area (Å²) in [5, 5.41) is 12.4. The van der Waals surface area contributed by atoms with Gasteiger partial charge >= 0.3 is 0 Å². The van der Waals surface area contributed by atoms with Gasteiger partial charge in [0.15, 0.2) is 0 Å². The van der Waals surface area contributed by atoms with E-state index in [9.17, 15) is 0 Å². The van der Waals surface area contributed by atoms with E-state index in [2.05, 4.69) is 5.32 Å². The van der Waals surface area contributed by atoms with Crippen molar-refractivity contribution in [3.8, 4) is 0 Å². The first-order chi connectivity index (χ1) is 4.80. The van der Waals surface area contributed by atoms with Gasteiger partial charge in [-0.15, -0.1) is 3.28 Å². The van der Waals surface area contributed by atoms with Crippen molar-refractivity contribution in [3.63, 3.8) is 0 Å². The van der Waals surface area contributed by atoms with Gasteiger partial charge in [-0.3, -0.25) is 0 Å². The second-order valence-corrected chi connectivity index (χ2v) is 3.61. The van der Waals surface area contributed by atoms with Crippen LogP contribution in [0.25, 0.3) is 0 Å². The molecule has 2 N–H and O–H groups in total. The van der Waals surface area contributed by atoms with Gasteiger partial charge < -0.3 is 10.5 Å². The van der Waals surface area contributed by atoms with Crippen LogP contribution in [0.5, 0.6) is 0 Å². The Morgan fingerprint density at radius 3 is 2.90 bits per heavy atom. The van der Waals surface area contributed by atoms with Gasteiger partial charge in [0.2, 0.25) is 0 Å². The number of nitrogens with zero attached hydrogens (tertiary/aromatic N) is 1. The van der Waals surface area contributed by atoms with E-state index in [0.717, 1.165) is 25.9 Å². The van der Waals surface area contributed by atoms with Gasteiger partial charge in [-0.2, -0.15) is 0 Å². The Labute approximate surface area is 75.2 Å². The standard InChI is InChI=1S/C6H13IN2O/c7-9(10)6-2-1-4-8-5-3-6/h6,8,10H,1-5H2. The van der Waals surface area contributed by atoms with E-state index in [0.29, 0.717) is 6.04 Å². The van der Waals surface area contributed by atoms with E-state index >= 15 is 0 Å². The molecule has 0 aromatic carbocycles. The van der Waals surface area contributed by atoms with Gasteiger partial charge in [-0.25, -0.2) is 0 Å². The van der Waals surface area contributed by atoms with Crippen molar-refractivity contribution in [1.29, 1.82) is 0 Å². The molecular weight excluding hydrogens is 243 g/mol. The summed E-state index contributed by atoms with van der Waals surface area (Å²) in [5.74, 6) is 0. The van der Waals surface area contributed by atoms with Crippen molar-refractivity contribution in [1.82, 2.24) is 8.59 Å². The maximum absolute atomic E-state index is 9.09. The summed E-state index contributed by atoms with van der Waals surface area (Å²) < 4.78 is 1.31. The van der Waals surface area contributed by atoms with Gasteiger partial charge in [0.05, 0.1) is 0 Å². The zero-order valence-electron chi connectivity index (χ0n) is 5.89. The normalized spacial score (nSPS) is 28.5. The lowest BCUT2D eigenvalue weighted by Crippen LogP contribution is -2.24. The molecule has 10 heavy (non-hydrogen) atoms. The minimum atomic E-state index is 0.357. The third kappa shape index (κ3) is 2.69. The molecule has 3 nitrogen and oxygen atoms in total. The lowest BCUT2D eigenvalue weighted by atomic mass is 10.1. The largest absolute Gasteiger partial charge is 0.317 e. The summed E-state index contributed by atoms with van der Waals surface area (Å²) >= 11 is 1.94. The zero-order chi connectivity index (χ0) is 7.40. The van der Waals surface area contributed by atoms with Crippen LogP contribution in [0.2, 0.25) is 0 Å². The third-order valence-electron chi connectivity index (χ3n) is 1.85. The first-order valence-corrected chi connectivity index (χ1v) is 4.62. The number of rotatable bonds is 1. The van der Waals surface area contributed by atoms with Crippen molar-refractivity contribution in [2.24, 2.45) is 0 Å². The molecule has 1 aliphatic heterocycles. The second-order valence-electron chi connectivity index (χ2n) is 2.62. The summed E-state index contributed by atoms with van der Waals surface area (Å²) in [6, 6.07) is 0.357. The fraction of sp³-hybridized carbons (Fsp3) is 1.00. The minimum absolute atomic E-state index is 0.357. The molecule has 1 fully saturated rings. The van der Waals surface area contributed by atoms with Crippen LogP contribution in [0.4, 0.5) is 0 Å². The first kappa shape index (κ1) is 8.70. The fourth-order valence-electron chi connectivity index (χ4n) is 1.21. The Morgan fingerprint density at radius 1 is 1.40 bits per heavy atom. The molecule has 1 saturated heterocycles. The van der Waals surface area contributed by atoms with Crippen LogP contribution in [0.1, 0.15) is 19.3 Å². The molecule has 0 spiro atoms. The predicted octanol–water partition coefficient (Wildman–Crippen LogP) is 1.17. The van der Waals surface area contributed by atoms with Crippen LogP contribution in [0.3, 0.4) is 0 Å². The van der Waals surface area contributed by atoms with Gasteiger partial charge in [0, 0.05) is 28.9 Å². The maximum Gasteiger partial charge on any atom is 0.0495 e. The Balaban J connectivity index is 2.28. The van der Waals surface area contributed by atoms with Crippen molar-refractivity contribution >= 4 is 22.9 Å². The van der Waals surface area contributed by atoms with Crippen LogP contribution in [0.15, 0.2) is 0 Å². The molecule has 0 amide bonds. The monoisotopic (exact) mass is 256 g/mol. The summed E-state index contributed by atoms with van der Waals surface area (Å²) in [7, 11) is 0. The van der Waals surface area contributed by atoms with Crippen LogP contribution >= 0.6 is 22.9 Å². The van der Waals surface area contributed by atoms with Crippen molar-refractivity contribution in [2.75, 3.05) is 13.1 Å². The predicted molar refractivity (Wildman–Crippen MR) is 48.2 cm³/mol. The highest BCUT2D eigenvalue weighted by Gasteiger charge is 2.15. The molecule has 1 aliphatic rings. The maximum atomic E-state index is 9.09. The summed E-state index contributed by atoms with van der Waals surface area (Å²) in [6.45, 7) is 2.13. The number of hydroxylamine groups is 1. The molecule has 4 heteroatoms. The number of hydrogen-bond donors (Lipinski definition) is 2. The lowest BCUT2D eigenvalue weighted by Gasteiger charge is -2.17. The molecule has 1 rings (SSSR count). The molecular formula is C6H13IN2O. The van der Waals surface area contributed by atoms with E-state index < -0.39 is 0 Å². The van der Waals surface area contributed by atoms with Crippen LogP contribution < -0.4 is 5.32 Å². The molecule has 0 bridgehead atoms. The smallest absolute Gasteiger partial charge is 0.0495 e. The Hall–Kier alpha value is 0.610.